The largest absolute Gasteiger partial charge is 0.339 e. The number of nitrogens with zero attached hydrogens (tertiary/aromatic N) is 2. The molecule has 2 aromatic carbocycles. The smallest absolute Gasteiger partial charge is 0.256 e. The van der Waals surface area contributed by atoms with Crippen LogP contribution < -0.4 is 0 Å². The summed E-state index contributed by atoms with van der Waals surface area (Å²) in [5, 5.41) is -0.389. The van der Waals surface area contributed by atoms with Gasteiger partial charge in [0.2, 0.25) is 9.84 Å². The third-order valence-corrected chi connectivity index (χ3v) is 7.69. The number of carbonyl (C=O) groups excluding carboxylic acids is 1. The second kappa shape index (κ2) is 8.16. The lowest BCUT2D eigenvalue weighted by Gasteiger charge is -2.30. The minimum Gasteiger partial charge on any atom is -0.339 e. The molecule has 0 atom stereocenters. The highest BCUT2D eigenvalue weighted by Crippen LogP contribution is 2.33. The number of piperidine rings is 1. The number of carbonyl (C=O) groups is 1. The van der Waals surface area contributed by atoms with Crippen LogP contribution in [0.15, 0.2) is 52.4 Å². The summed E-state index contributed by atoms with van der Waals surface area (Å²) >= 11 is 5.80. The molecule has 1 aliphatic rings. The van der Waals surface area contributed by atoms with Crippen molar-refractivity contribution in [1.82, 2.24) is 9.88 Å². The molecule has 31 heavy (non-hydrogen) atoms. The van der Waals surface area contributed by atoms with E-state index in [0.29, 0.717) is 19.0 Å². The number of hydrogen-bond donors (Lipinski definition) is 0. The molecule has 5 nitrogen and oxygen atoms in total. The van der Waals surface area contributed by atoms with E-state index in [2.05, 4.69) is 11.9 Å². The summed E-state index contributed by atoms with van der Waals surface area (Å²) in [5.74, 6) is -1.46. The van der Waals surface area contributed by atoms with Crippen LogP contribution in [0.5, 0.6) is 0 Å². The summed E-state index contributed by atoms with van der Waals surface area (Å²) in [4.78, 5) is 18.4. The van der Waals surface area contributed by atoms with Gasteiger partial charge >= 0.3 is 0 Å². The van der Waals surface area contributed by atoms with E-state index >= 15 is 0 Å². The Kier molecular flexibility index (Phi) is 5.70. The Morgan fingerprint density at radius 3 is 2.52 bits per heavy atom. The van der Waals surface area contributed by atoms with E-state index < -0.39 is 27.4 Å². The summed E-state index contributed by atoms with van der Waals surface area (Å²) in [6.45, 7) is 3.07. The van der Waals surface area contributed by atoms with Gasteiger partial charge in [0, 0.05) is 24.7 Å². The standard InChI is InChI=1S/C22H19ClF2N2O3S/c1-13-6-8-27(9-7-13)22(28)17-12-26-20-5-2-14(24)10-16(20)21(17)31(29,30)15-3-4-19(25)18(23)11-15/h2-5,10-13H,6-9H2,1H3. The molecular formula is C22H19ClF2N2O3S. The third kappa shape index (κ3) is 4.02. The first-order chi connectivity index (χ1) is 14.7. The molecule has 1 aromatic heterocycles. The minimum absolute atomic E-state index is 0.0170. The Labute approximate surface area is 183 Å². The van der Waals surface area contributed by atoms with Gasteiger partial charge in [-0.05, 0) is 55.2 Å². The van der Waals surface area contributed by atoms with E-state index in [1.807, 2.05) is 0 Å². The van der Waals surface area contributed by atoms with Crippen LogP contribution in [-0.2, 0) is 9.84 Å². The fraction of sp³-hybridized carbons (Fsp3) is 0.273. The Hall–Kier alpha value is -2.58. The number of hydrogen-bond acceptors (Lipinski definition) is 4. The first-order valence-corrected chi connectivity index (χ1v) is 11.6. The van der Waals surface area contributed by atoms with Gasteiger partial charge in [-0.1, -0.05) is 18.5 Å². The lowest BCUT2D eigenvalue weighted by atomic mass is 9.98. The molecule has 1 fully saturated rings. The molecule has 0 spiro atoms. The fourth-order valence-electron chi connectivity index (χ4n) is 3.73. The number of aromatic nitrogens is 1. The Morgan fingerprint density at radius 2 is 1.84 bits per heavy atom. The van der Waals surface area contributed by atoms with Gasteiger partial charge in [0.15, 0.2) is 0 Å². The van der Waals surface area contributed by atoms with Gasteiger partial charge in [-0.3, -0.25) is 9.78 Å². The van der Waals surface area contributed by atoms with Gasteiger partial charge in [0.25, 0.3) is 5.91 Å². The van der Waals surface area contributed by atoms with Crippen LogP contribution in [0.2, 0.25) is 5.02 Å². The van der Waals surface area contributed by atoms with Gasteiger partial charge in [0.05, 0.1) is 25.9 Å². The molecule has 1 amide bonds. The number of fused-ring (bicyclic) bond motifs is 1. The number of amides is 1. The number of benzene rings is 2. The quantitative estimate of drug-likeness (QED) is 0.518. The molecule has 4 rings (SSSR count). The molecule has 0 bridgehead atoms. The van der Waals surface area contributed by atoms with Crippen LogP contribution in [0.3, 0.4) is 0 Å². The normalized spacial score (nSPS) is 15.4. The molecule has 162 valence electrons. The highest BCUT2D eigenvalue weighted by atomic mass is 35.5. The molecule has 3 aromatic rings. The zero-order chi connectivity index (χ0) is 22.3. The lowest BCUT2D eigenvalue weighted by Crippen LogP contribution is -2.38. The van der Waals surface area contributed by atoms with E-state index in [0.717, 1.165) is 43.2 Å². The van der Waals surface area contributed by atoms with Gasteiger partial charge < -0.3 is 4.90 Å². The molecule has 1 aliphatic heterocycles. The topological polar surface area (TPSA) is 67.3 Å². The van der Waals surface area contributed by atoms with Gasteiger partial charge in [0.1, 0.15) is 11.6 Å². The number of likely N-dealkylation sites (tertiary alicyclic amines) is 1. The third-order valence-electron chi connectivity index (χ3n) is 5.55. The van der Waals surface area contributed by atoms with Crippen molar-refractivity contribution in [2.24, 2.45) is 5.92 Å². The van der Waals surface area contributed by atoms with Gasteiger partial charge in [-0.25, -0.2) is 17.2 Å². The Bertz CT molecular complexity index is 1290. The molecule has 9 heteroatoms. The second-order valence-corrected chi connectivity index (χ2v) is 10.0. The second-order valence-electron chi connectivity index (χ2n) is 7.72. The van der Waals surface area contributed by atoms with Crippen LogP contribution in [-0.4, -0.2) is 37.3 Å². The molecule has 0 aliphatic carbocycles. The summed E-state index contributed by atoms with van der Waals surface area (Å²) in [6.07, 6.45) is 2.81. The first-order valence-electron chi connectivity index (χ1n) is 9.76. The lowest BCUT2D eigenvalue weighted by molar-refractivity contribution is 0.0693. The van der Waals surface area contributed by atoms with Crippen molar-refractivity contribution in [3.05, 3.63) is 64.8 Å². The molecule has 0 unspecified atom stereocenters. The van der Waals surface area contributed by atoms with Gasteiger partial charge in [-0.15, -0.1) is 0 Å². The zero-order valence-corrected chi connectivity index (χ0v) is 18.2. The maximum atomic E-state index is 14.1. The van der Waals surface area contributed by atoms with E-state index in [9.17, 15) is 22.0 Å². The van der Waals surface area contributed by atoms with E-state index in [1.54, 1.807) is 4.90 Å². The van der Waals surface area contributed by atoms with Crippen LogP contribution >= 0.6 is 11.6 Å². The van der Waals surface area contributed by atoms with Crippen LogP contribution in [0.25, 0.3) is 10.9 Å². The van der Waals surface area contributed by atoms with E-state index in [1.165, 1.54) is 12.3 Å². The maximum Gasteiger partial charge on any atom is 0.256 e. The van der Waals surface area contributed by atoms with E-state index in [4.69, 9.17) is 11.6 Å². The Balaban J connectivity index is 1.95. The average Bonchev–Trinajstić information content (AvgIpc) is 2.74. The first kappa shape index (κ1) is 21.6. The predicted octanol–water partition coefficient (Wildman–Crippen LogP) is 4.87. The predicted molar refractivity (Wildman–Crippen MR) is 113 cm³/mol. The maximum absolute atomic E-state index is 14.1. The highest BCUT2D eigenvalue weighted by molar-refractivity contribution is 7.91. The fourth-order valence-corrected chi connectivity index (χ4v) is 5.61. The number of halogens is 3. The van der Waals surface area contributed by atoms with E-state index in [-0.39, 0.29) is 31.3 Å². The van der Waals surface area contributed by atoms with Crippen molar-refractivity contribution in [3.63, 3.8) is 0 Å². The molecule has 0 radical (unpaired) electrons. The van der Waals surface area contributed by atoms with Crippen LogP contribution in [0, 0.1) is 17.6 Å². The summed E-state index contributed by atoms with van der Waals surface area (Å²) < 4.78 is 54.9. The van der Waals surface area contributed by atoms with Crippen molar-refractivity contribution >= 4 is 38.2 Å². The molecule has 0 saturated carbocycles. The van der Waals surface area contributed by atoms with Crippen LogP contribution in [0.4, 0.5) is 8.78 Å². The van der Waals surface area contributed by atoms with Crippen molar-refractivity contribution in [2.45, 2.75) is 29.6 Å². The Morgan fingerprint density at radius 1 is 1.13 bits per heavy atom. The van der Waals surface area contributed by atoms with Crippen molar-refractivity contribution < 1.29 is 22.0 Å². The van der Waals surface area contributed by atoms with Crippen molar-refractivity contribution in [1.29, 1.82) is 0 Å². The summed E-state index contributed by atoms with van der Waals surface area (Å²) in [7, 11) is -4.35. The zero-order valence-electron chi connectivity index (χ0n) is 16.6. The molecular weight excluding hydrogens is 446 g/mol. The van der Waals surface area contributed by atoms with Gasteiger partial charge in [-0.2, -0.15) is 0 Å². The minimum atomic E-state index is -4.35. The average molecular weight is 465 g/mol. The molecule has 2 heterocycles. The molecule has 0 N–H and O–H groups in total. The van der Waals surface area contributed by atoms with Crippen LogP contribution in [0.1, 0.15) is 30.1 Å². The summed E-state index contributed by atoms with van der Waals surface area (Å²) in [5.41, 5.74) is 0.0742. The van der Waals surface area contributed by atoms with Crippen molar-refractivity contribution in [3.8, 4) is 0 Å². The molecule has 1 saturated heterocycles. The number of sulfone groups is 1. The monoisotopic (exact) mass is 464 g/mol. The number of rotatable bonds is 3. The number of pyridine rings is 1. The SMILES string of the molecule is CC1CCN(C(=O)c2cnc3ccc(F)cc3c2S(=O)(=O)c2ccc(F)c(Cl)c2)CC1. The highest BCUT2D eigenvalue weighted by Gasteiger charge is 2.31. The summed E-state index contributed by atoms with van der Waals surface area (Å²) in [6, 6.07) is 6.53. The van der Waals surface area contributed by atoms with Crippen molar-refractivity contribution in [2.75, 3.05) is 13.1 Å².